The standard InChI is InChI=1S/C16H19N5O2/c17-8-14-11-21(6-7-23-14)15(22)12-9-18-16(19-10-12)20-13-4-2-1-3-5-13/h1-5,9-10,14H,6-8,11,17H2,(H,18,19,20)/t14-/m0/s1. The lowest BCUT2D eigenvalue weighted by Crippen LogP contribution is -2.48. The van der Waals surface area contributed by atoms with Crippen molar-refractivity contribution in [2.75, 3.05) is 31.6 Å². The molecule has 7 heteroatoms. The summed E-state index contributed by atoms with van der Waals surface area (Å²) < 4.78 is 5.47. The number of hydrogen-bond acceptors (Lipinski definition) is 6. The minimum atomic E-state index is -0.104. The summed E-state index contributed by atoms with van der Waals surface area (Å²) in [5.41, 5.74) is 6.96. The van der Waals surface area contributed by atoms with Crippen LogP contribution in [0.3, 0.4) is 0 Å². The van der Waals surface area contributed by atoms with Crippen LogP contribution < -0.4 is 11.1 Å². The molecule has 1 atom stereocenters. The van der Waals surface area contributed by atoms with Gasteiger partial charge in [0, 0.05) is 37.7 Å². The lowest BCUT2D eigenvalue weighted by molar-refractivity contribution is -0.0167. The van der Waals surface area contributed by atoms with Crippen molar-refractivity contribution in [3.05, 3.63) is 48.3 Å². The number of nitrogens with zero attached hydrogens (tertiary/aromatic N) is 3. The van der Waals surface area contributed by atoms with Crippen LogP contribution in [0.1, 0.15) is 10.4 Å². The Morgan fingerprint density at radius 2 is 2.04 bits per heavy atom. The zero-order chi connectivity index (χ0) is 16.1. The number of nitrogens with one attached hydrogen (secondary N) is 1. The van der Waals surface area contributed by atoms with Crippen LogP contribution in [0.25, 0.3) is 0 Å². The first-order chi connectivity index (χ1) is 11.3. The molecule has 0 unspecified atom stereocenters. The first kappa shape index (κ1) is 15.4. The minimum absolute atomic E-state index is 0.0991. The van der Waals surface area contributed by atoms with E-state index in [0.29, 0.717) is 37.8 Å². The Kier molecular flexibility index (Phi) is 4.80. The molecule has 1 aliphatic heterocycles. The summed E-state index contributed by atoms with van der Waals surface area (Å²) in [5.74, 6) is 0.354. The fourth-order valence-electron chi connectivity index (χ4n) is 2.38. The Morgan fingerprint density at radius 3 is 2.74 bits per heavy atom. The molecular formula is C16H19N5O2. The van der Waals surface area contributed by atoms with Crippen molar-refractivity contribution in [2.45, 2.75) is 6.10 Å². The molecule has 0 saturated carbocycles. The van der Waals surface area contributed by atoms with Gasteiger partial charge in [-0.05, 0) is 12.1 Å². The molecule has 3 N–H and O–H groups in total. The van der Waals surface area contributed by atoms with Gasteiger partial charge in [-0.15, -0.1) is 0 Å². The van der Waals surface area contributed by atoms with E-state index in [-0.39, 0.29) is 12.0 Å². The van der Waals surface area contributed by atoms with Crippen LogP contribution in [0, 0.1) is 0 Å². The molecule has 0 radical (unpaired) electrons. The normalized spacial score (nSPS) is 17.8. The highest BCUT2D eigenvalue weighted by atomic mass is 16.5. The number of benzene rings is 1. The third kappa shape index (κ3) is 3.82. The molecule has 23 heavy (non-hydrogen) atoms. The number of carbonyl (C=O) groups excluding carboxylic acids is 1. The van der Waals surface area contributed by atoms with Crippen molar-refractivity contribution in [2.24, 2.45) is 5.73 Å². The van der Waals surface area contributed by atoms with E-state index in [0.717, 1.165) is 5.69 Å². The van der Waals surface area contributed by atoms with Crippen LogP contribution in [0.5, 0.6) is 0 Å². The number of anilines is 2. The molecule has 1 amide bonds. The highest BCUT2D eigenvalue weighted by Gasteiger charge is 2.24. The largest absolute Gasteiger partial charge is 0.373 e. The van der Waals surface area contributed by atoms with Gasteiger partial charge in [0.15, 0.2) is 0 Å². The molecule has 2 aromatic rings. The molecule has 120 valence electrons. The van der Waals surface area contributed by atoms with Crippen molar-refractivity contribution in [3.8, 4) is 0 Å². The lowest BCUT2D eigenvalue weighted by atomic mass is 10.2. The van der Waals surface area contributed by atoms with Crippen molar-refractivity contribution in [1.82, 2.24) is 14.9 Å². The molecule has 0 bridgehead atoms. The van der Waals surface area contributed by atoms with Crippen LogP contribution in [-0.2, 0) is 4.74 Å². The van der Waals surface area contributed by atoms with Gasteiger partial charge in [0.25, 0.3) is 5.91 Å². The maximum Gasteiger partial charge on any atom is 0.257 e. The van der Waals surface area contributed by atoms with Crippen LogP contribution in [-0.4, -0.2) is 53.1 Å². The summed E-state index contributed by atoms with van der Waals surface area (Å²) in [6.45, 7) is 1.96. The third-order valence-corrected chi connectivity index (χ3v) is 3.62. The van der Waals surface area contributed by atoms with E-state index in [1.54, 1.807) is 4.90 Å². The number of carbonyl (C=O) groups is 1. The van der Waals surface area contributed by atoms with E-state index in [4.69, 9.17) is 10.5 Å². The number of nitrogens with two attached hydrogens (primary N) is 1. The predicted molar refractivity (Wildman–Crippen MR) is 86.5 cm³/mol. The average Bonchev–Trinajstić information content (AvgIpc) is 2.63. The van der Waals surface area contributed by atoms with Crippen LogP contribution in [0.15, 0.2) is 42.7 Å². The van der Waals surface area contributed by atoms with Crippen molar-refractivity contribution in [3.63, 3.8) is 0 Å². The van der Waals surface area contributed by atoms with Gasteiger partial charge in [0.2, 0.25) is 5.95 Å². The topological polar surface area (TPSA) is 93.4 Å². The van der Waals surface area contributed by atoms with Gasteiger partial charge in [0.1, 0.15) is 0 Å². The van der Waals surface area contributed by atoms with Gasteiger partial charge < -0.3 is 20.7 Å². The number of hydrogen-bond donors (Lipinski definition) is 2. The Labute approximate surface area is 134 Å². The molecule has 7 nitrogen and oxygen atoms in total. The Hall–Kier alpha value is -2.51. The first-order valence-corrected chi connectivity index (χ1v) is 7.51. The quantitative estimate of drug-likeness (QED) is 0.875. The summed E-state index contributed by atoms with van der Waals surface area (Å²) in [7, 11) is 0. The van der Waals surface area contributed by atoms with E-state index in [1.165, 1.54) is 12.4 Å². The van der Waals surface area contributed by atoms with Gasteiger partial charge in [-0.1, -0.05) is 18.2 Å². The van der Waals surface area contributed by atoms with E-state index in [9.17, 15) is 4.79 Å². The van der Waals surface area contributed by atoms with Crippen LogP contribution >= 0.6 is 0 Å². The average molecular weight is 313 g/mol. The van der Waals surface area contributed by atoms with E-state index in [2.05, 4.69) is 15.3 Å². The second kappa shape index (κ2) is 7.17. The molecule has 1 aromatic heterocycles. The number of aromatic nitrogens is 2. The van der Waals surface area contributed by atoms with Crippen molar-refractivity contribution >= 4 is 17.5 Å². The minimum Gasteiger partial charge on any atom is -0.373 e. The number of ether oxygens (including phenoxy) is 1. The van der Waals surface area contributed by atoms with Gasteiger partial charge >= 0.3 is 0 Å². The second-order valence-electron chi connectivity index (χ2n) is 5.27. The monoisotopic (exact) mass is 313 g/mol. The summed E-state index contributed by atoms with van der Waals surface area (Å²) in [5, 5.41) is 3.08. The third-order valence-electron chi connectivity index (χ3n) is 3.62. The maximum absolute atomic E-state index is 12.5. The summed E-state index contributed by atoms with van der Waals surface area (Å²) in [4.78, 5) is 22.6. The fraction of sp³-hybridized carbons (Fsp3) is 0.312. The van der Waals surface area contributed by atoms with E-state index >= 15 is 0 Å². The molecule has 2 heterocycles. The highest BCUT2D eigenvalue weighted by Crippen LogP contribution is 2.13. The van der Waals surface area contributed by atoms with E-state index < -0.39 is 0 Å². The van der Waals surface area contributed by atoms with Crippen LogP contribution in [0.4, 0.5) is 11.6 Å². The molecule has 0 spiro atoms. The van der Waals surface area contributed by atoms with Crippen LogP contribution in [0.2, 0.25) is 0 Å². The summed E-state index contributed by atoms with van der Waals surface area (Å²) >= 11 is 0. The van der Waals surface area contributed by atoms with E-state index in [1.807, 2.05) is 30.3 Å². The Morgan fingerprint density at radius 1 is 1.30 bits per heavy atom. The molecule has 1 aromatic carbocycles. The SMILES string of the molecule is NC[C@H]1CN(C(=O)c2cnc(Nc3ccccc3)nc2)CCO1. The van der Waals surface area contributed by atoms with Gasteiger partial charge in [-0.2, -0.15) is 0 Å². The molecule has 0 aliphatic carbocycles. The molecule has 1 aliphatic rings. The zero-order valence-electron chi connectivity index (χ0n) is 12.7. The second-order valence-corrected chi connectivity index (χ2v) is 5.27. The number of morpholine rings is 1. The number of amides is 1. The molecule has 3 rings (SSSR count). The summed E-state index contributed by atoms with van der Waals surface area (Å²) in [6.07, 6.45) is 2.97. The van der Waals surface area contributed by atoms with Gasteiger partial charge in [-0.3, -0.25) is 4.79 Å². The summed E-state index contributed by atoms with van der Waals surface area (Å²) in [6, 6.07) is 9.62. The highest BCUT2D eigenvalue weighted by molar-refractivity contribution is 5.93. The number of rotatable bonds is 4. The first-order valence-electron chi connectivity index (χ1n) is 7.51. The lowest BCUT2D eigenvalue weighted by Gasteiger charge is -2.32. The van der Waals surface area contributed by atoms with Crippen molar-refractivity contribution < 1.29 is 9.53 Å². The van der Waals surface area contributed by atoms with Gasteiger partial charge in [-0.25, -0.2) is 9.97 Å². The Balaban J connectivity index is 1.65. The Bertz CT molecular complexity index is 647. The smallest absolute Gasteiger partial charge is 0.257 e. The maximum atomic E-state index is 12.5. The predicted octanol–water partition coefficient (Wildman–Crippen LogP) is 1.02. The van der Waals surface area contributed by atoms with Gasteiger partial charge in [0.05, 0.1) is 18.3 Å². The fourth-order valence-corrected chi connectivity index (χ4v) is 2.38. The number of para-hydroxylation sites is 1. The molecule has 1 fully saturated rings. The van der Waals surface area contributed by atoms with Crippen molar-refractivity contribution in [1.29, 1.82) is 0 Å². The zero-order valence-corrected chi connectivity index (χ0v) is 12.7. The molecular weight excluding hydrogens is 294 g/mol. The molecule has 1 saturated heterocycles.